The summed E-state index contributed by atoms with van der Waals surface area (Å²) >= 11 is 0. The average molecular weight is 865 g/mol. The number of fused-ring (bicyclic) bond motifs is 6. The monoisotopic (exact) mass is 864 g/mol. The first-order valence-corrected chi connectivity index (χ1v) is 23.4. The van der Waals surface area contributed by atoms with Gasteiger partial charge in [0.05, 0.1) is 22.1 Å². The molecule has 0 aliphatic carbocycles. The smallest absolute Gasteiger partial charge is 0.0547 e. The third kappa shape index (κ3) is 6.90. The molecule has 0 saturated heterocycles. The van der Waals surface area contributed by atoms with Crippen molar-refractivity contribution in [3.05, 3.63) is 267 Å². The molecule has 0 aliphatic rings. The lowest BCUT2D eigenvalue weighted by Gasteiger charge is -2.12. The third-order valence-corrected chi connectivity index (χ3v) is 13.7. The molecule has 0 bridgehead atoms. The summed E-state index contributed by atoms with van der Waals surface area (Å²) in [6, 6.07) is 97.3. The standard InChI is InChI=1S/C66H44N2/c1-3-14-45(15-4-1)50-18-11-20-52(40-50)53-21-12-19-51(41-53)49-30-28-47(29-31-49)48-32-36-57(37-33-48)67-63-26-9-7-24-59(63)61-38-34-55(43-65(61)67)56-35-39-62-60-25-8-10-27-64(60)68(66(62)44-56)58-23-13-22-54(42-58)46-16-5-2-6-17-46/h1-44H. The predicted molar refractivity (Wildman–Crippen MR) is 288 cm³/mol. The van der Waals surface area contributed by atoms with E-state index in [9.17, 15) is 0 Å². The molecule has 2 heterocycles. The fourth-order valence-electron chi connectivity index (χ4n) is 10.4. The van der Waals surface area contributed by atoms with Crippen LogP contribution in [0.2, 0.25) is 0 Å². The second-order valence-corrected chi connectivity index (χ2v) is 17.7. The number of hydrogen-bond donors (Lipinski definition) is 0. The van der Waals surface area contributed by atoms with E-state index in [1.807, 2.05) is 0 Å². The number of para-hydroxylation sites is 2. The van der Waals surface area contributed by atoms with Crippen LogP contribution in [0.4, 0.5) is 0 Å². The van der Waals surface area contributed by atoms with Crippen LogP contribution in [0.15, 0.2) is 267 Å². The highest BCUT2D eigenvalue weighted by Gasteiger charge is 2.17. The Morgan fingerprint density at radius 3 is 0.971 bits per heavy atom. The maximum absolute atomic E-state index is 2.43. The van der Waals surface area contributed by atoms with Gasteiger partial charge < -0.3 is 9.13 Å². The molecule has 68 heavy (non-hydrogen) atoms. The van der Waals surface area contributed by atoms with Gasteiger partial charge in [0.2, 0.25) is 0 Å². The van der Waals surface area contributed by atoms with Crippen LogP contribution in [0.3, 0.4) is 0 Å². The summed E-state index contributed by atoms with van der Waals surface area (Å²) in [5.74, 6) is 0. The minimum atomic E-state index is 1.13. The average Bonchev–Trinajstić information content (AvgIpc) is 3.94. The fourth-order valence-corrected chi connectivity index (χ4v) is 10.4. The first-order chi connectivity index (χ1) is 33.7. The number of rotatable bonds is 8. The molecule has 0 amide bonds. The molecule has 13 rings (SSSR count). The topological polar surface area (TPSA) is 9.86 Å². The van der Waals surface area contributed by atoms with E-state index in [4.69, 9.17) is 0 Å². The van der Waals surface area contributed by atoms with Crippen molar-refractivity contribution in [3.8, 4) is 78.1 Å². The zero-order chi connectivity index (χ0) is 45.0. The zero-order valence-electron chi connectivity index (χ0n) is 37.3. The second kappa shape index (κ2) is 16.5. The van der Waals surface area contributed by atoms with Crippen LogP contribution in [-0.4, -0.2) is 9.13 Å². The van der Waals surface area contributed by atoms with Crippen LogP contribution in [0.5, 0.6) is 0 Å². The van der Waals surface area contributed by atoms with E-state index in [2.05, 4.69) is 276 Å². The van der Waals surface area contributed by atoms with Crippen molar-refractivity contribution in [1.29, 1.82) is 0 Å². The highest BCUT2D eigenvalue weighted by Crippen LogP contribution is 2.39. The summed E-state index contributed by atoms with van der Waals surface area (Å²) in [5, 5.41) is 4.98. The molecule has 0 fully saturated rings. The normalized spacial score (nSPS) is 11.5. The van der Waals surface area contributed by atoms with Crippen LogP contribution in [0.25, 0.3) is 122 Å². The Morgan fingerprint density at radius 2 is 0.471 bits per heavy atom. The number of benzene rings is 11. The molecule has 0 saturated carbocycles. The summed E-state index contributed by atoms with van der Waals surface area (Å²) in [5.41, 5.74) is 21.5. The molecule has 11 aromatic carbocycles. The Balaban J connectivity index is 0.836. The van der Waals surface area contributed by atoms with E-state index < -0.39 is 0 Å². The molecular formula is C66H44N2. The number of aromatic nitrogens is 2. The summed E-state index contributed by atoms with van der Waals surface area (Å²) in [6.45, 7) is 0. The van der Waals surface area contributed by atoms with Gasteiger partial charge in [0.15, 0.2) is 0 Å². The first-order valence-electron chi connectivity index (χ1n) is 23.4. The quantitative estimate of drug-likeness (QED) is 0.144. The lowest BCUT2D eigenvalue weighted by atomic mass is 9.95. The molecule has 2 heteroatoms. The molecule has 2 nitrogen and oxygen atoms in total. The van der Waals surface area contributed by atoms with Gasteiger partial charge in [0.25, 0.3) is 0 Å². The highest BCUT2D eigenvalue weighted by molar-refractivity contribution is 6.12. The molecule has 0 atom stereocenters. The van der Waals surface area contributed by atoms with Crippen molar-refractivity contribution in [1.82, 2.24) is 9.13 Å². The molecule has 318 valence electrons. The van der Waals surface area contributed by atoms with Gasteiger partial charge in [-0.25, -0.2) is 0 Å². The van der Waals surface area contributed by atoms with Crippen molar-refractivity contribution >= 4 is 43.6 Å². The summed E-state index contributed by atoms with van der Waals surface area (Å²) in [6.07, 6.45) is 0. The highest BCUT2D eigenvalue weighted by atomic mass is 15.0. The third-order valence-electron chi connectivity index (χ3n) is 13.7. The Kier molecular flexibility index (Phi) is 9.54. The summed E-state index contributed by atoms with van der Waals surface area (Å²) < 4.78 is 4.85. The molecule has 13 aromatic rings. The van der Waals surface area contributed by atoms with Gasteiger partial charge >= 0.3 is 0 Å². The Hall–Kier alpha value is -8.98. The molecule has 0 radical (unpaired) electrons. The lowest BCUT2D eigenvalue weighted by molar-refractivity contribution is 1.18. The molecule has 0 spiro atoms. The van der Waals surface area contributed by atoms with E-state index in [1.165, 1.54) is 110 Å². The number of nitrogens with zero attached hydrogens (tertiary/aromatic N) is 2. The SMILES string of the molecule is c1ccc(-c2cccc(-c3cccc(-c4ccc(-c5ccc(-n6c7ccccc7c7ccc(-c8ccc9c%10ccccc%10n(-c%10cccc(-c%11ccccc%11)c%10)c9c8)cc76)cc5)cc4)c3)c2)cc1. The van der Waals surface area contributed by atoms with E-state index >= 15 is 0 Å². The Morgan fingerprint density at radius 1 is 0.162 bits per heavy atom. The first kappa shape index (κ1) is 39.4. The maximum atomic E-state index is 2.43. The van der Waals surface area contributed by atoms with Gasteiger partial charge in [-0.15, -0.1) is 0 Å². The van der Waals surface area contributed by atoms with Crippen LogP contribution in [0.1, 0.15) is 0 Å². The second-order valence-electron chi connectivity index (χ2n) is 17.7. The van der Waals surface area contributed by atoms with Crippen LogP contribution in [-0.2, 0) is 0 Å². The Labute approximate surface area is 395 Å². The van der Waals surface area contributed by atoms with Crippen LogP contribution < -0.4 is 0 Å². The molecular weight excluding hydrogens is 821 g/mol. The van der Waals surface area contributed by atoms with Gasteiger partial charge in [-0.2, -0.15) is 0 Å². The van der Waals surface area contributed by atoms with Gasteiger partial charge in [-0.1, -0.05) is 206 Å². The fraction of sp³-hybridized carbons (Fsp3) is 0. The van der Waals surface area contributed by atoms with E-state index in [0.29, 0.717) is 0 Å². The van der Waals surface area contributed by atoms with Crippen LogP contribution >= 0.6 is 0 Å². The molecule has 0 aliphatic heterocycles. The van der Waals surface area contributed by atoms with Gasteiger partial charge in [0.1, 0.15) is 0 Å². The molecule has 2 aromatic heterocycles. The van der Waals surface area contributed by atoms with Crippen LogP contribution in [0, 0.1) is 0 Å². The van der Waals surface area contributed by atoms with Crippen molar-refractivity contribution in [2.24, 2.45) is 0 Å². The lowest BCUT2D eigenvalue weighted by Crippen LogP contribution is -1.95. The van der Waals surface area contributed by atoms with E-state index in [0.717, 1.165) is 11.4 Å². The van der Waals surface area contributed by atoms with Gasteiger partial charge in [-0.3, -0.25) is 0 Å². The van der Waals surface area contributed by atoms with E-state index in [1.54, 1.807) is 0 Å². The Bertz CT molecular complexity index is 3990. The van der Waals surface area contributed by atoms with Gasteiger partial charge in [0, 0.05) is 32.9 Å². The summed E-state index contributed by atoms with van der Waals surface area (Å²) in [4.78, 5) is 0. The van der Waals surface area contributed by atoms with Crippen molar-refractivity contribution in [2.45, 2.75) is 0 Å². The largest absolute Gasteiger partial charge is 0.309 e. The van der Waals surface area contributed by atoms with Crippen molar-refractivity contribution < 1.29 is 0 Å². The minimum Gasteiger partial charge on any atom is -0.309 e. The van der Waals surface area contributed by atoms with Crippen molar-refractivity contribution in [2.75, 3.05) is 0 Å². The minimum absolute atomic E-state index is 1.13. The molecule has 0 unspecified atom stereocenters. The van der Waals surface area contributed by atoms with Gasteiger partial charge in [-0.05, 0) is 127 Å². The number of hydrogen-bond acceptors (Lipinski definition) is 0. The maximum Gasteiger partial charge on any atom is 0.0547 e. The predicted octanol–water partition coefficient (Wildman–Crippen LogP) is 17.9. The van der Waals surface area contributed by atoms with Crippen molar-refractivity contribution in [3.63, 3.8) is 0 Å². The zero-order valence-corrected chi connectivity index (χ0v) is 37.3. The summed E-state index contributed by atoms with van der Waals surface area (Å²) in [7, 11) is 0. The molecule has 0 N–H and O–H groups in total. The van der Waals surface area contributed by atoms with E-state index in [-0.39, 0.29) is 0 Å².